The Hall–Kier alpha value is 0.200. The van der Waals surface area contributed by atoms with Gasteiger partial charge in [0.1, 0.15) is 4.32 Å². The molecule has 1 aliphatic heterocycles. The molecule has 1 heterocycles. The summed E-state index contributed by atoms with van der Waals surface area (Å²) in [6.07, 6.45) is 3.89. The molecule has 0 aromatic rings. The quantitative estimate of drug-likeness (QED) is 0.446. The molecule has 1 unspecified atom stereocenters. The number of hydrogen-bond acceptors (Lipinski definition) is 2. The van der Waals surface area contributed by atoms with E-state index in [2.05, 4.69) is 23.3 Å². The minimum atomic E-state index is 0.592. The first-order valence-corrected chi connectivity index (χ1v) is 4.85. The lowest BCUT2D eigenvalue weighted by Crippen LogP contribution is -2.42. The van der Waals surface area contributed by atoms with Crippen LogP contribution in [0.15, 0.2) is 0 Å². The van der Waals surface area contributed by atoms with Crippen LogP contribution in [0.5, 0.6) is 0 Å². The van der Waals surface area contributed by atoms with Crippen molar-refractivity contribution in [3.05, 3.63) is 0 Å². The molecule has 0 bridgehead atoms. The van der Waals surface area contributed by atoms with Gasteiger partial charge < -0.3 is 10.6 Å². The highest BCUT2D eigenvalue weighted by molar-refractivity contribution is 8.11. The van der Waals surface area contributed by atoms with Gasteiger partial charge in [-0.1, -0.05) is 18.6 Å². The minimum Gasteiger partial charge on any atom is -0.370 e. The number of rotatable bonds is 2. The van der Waals surface area contributed by atoms with Gasteiger partial charge in [0, 0.05) is 12.6 Å². The first-order valence-electron chi connectivity index (χ1n) is 3.99. The van der Waals surface area contributed by atoms with Crippen molar-refractivity contribution in [1.82, 2.24) is 10.6 Å². The van der Waals surface area contributed by atoms with Gasteiger partial charge in [-0.05, 0) is 19.4 Å². The van der Waals surface area contributed by atoms with Gasteiger partial charge in [0.25, 0.3) is 0 Å². The molecule has 0 saturated carbocycles. The van der Waals surface area contributed by atoms with E-state index in [1.54, 1.807) is 0 Å². The van der Waals surface area contributed by atoms with Gasteiger partial charge in [0.15, 0.2) is 0 Å². The molecular formula is C7H14N2S2. The minimum absolute atomic E-state index is 0.592. The average molecular weight is 190 g/mol. The predicted molar refractivity (Wildman–Crippen MR) is 55.2 cm³/mol. The predicted octanol–water partition coefficient (Wildman–Crippen LogP) is 0.933. The SMILES string of the molecule is S=C(S)NCC1CCCCN1. The maximum Gasteiger partial charge on any atom is 0.130 e. The number of thiocarbonyl (C=S) groups is 1. The van der Waals surface area contributed by atoms with E-state index in [4.69, 9.17) is 12.2 Å². The van der Waals surface area contributed by atoms with E-state index < -0.39 is 0 Å². The Morgan fingerprint density at radius 3 is 3.00 bits per heavy atom. The highest BCUT2D eigenvalue weighted by atomic mass is 32.1. The van der Waals surface area contributed by atoms with E-state index >= 15 is 0 Å². The monoisotopic (exact) mass is 190 g/mol. The topological polar surface area (TPSA) is 24.1 Å². The Labute approximate surface area is 78.5 Å². The highest BCUT2D eigenvalue weighted by Gasteiger charge is 2.11. The van der Waals surface area contributed by atoms with Crippen molar-refractivity contribution < 1.29 is 0 Å². The smallest absolute Gasteiger partial charge is 0.130 e. The molecule has 0 spiro atoms. The van der Waals surface area contributed by atoms with Crippen LogP contribution in [-0.2, 0) is 0 Å². The molecule has 1 saturated heterocycles. The lowest BCUT2D eigenvalue weighted by atomic mass is 10.1. The van der Waals surface area contributed by atoms with Gasteiger partial charge in [0.2, 0.25) is 0 Å². The second-order valence-corrected chi connectivity index (χ2v) is 3.99. The largest absolute Gasteiger partial charge is 0.370 e. The third-order valence-corrected chi connectivity index (χ3v) is 2.21. The Morgan fingerprint density at radius 2 is 2.45 bits per heavy atom. The van der Waals surface area contributed by atoms with Gasteiger partial charge in [0.05, 0.1) is 0 Å². The van der Waals surface area contributed by atoms with Crippen LogP contribution in [0, 0.1) is 0 Å². The van der Waals surface area contributed by atoms with E-state index in [0.29, 0.717) is 10.4 Å². The number of piperidine rings is 1. The van der Waals surface area contributed by atoms with E-state index in [0.717, 1.165) is 13.1 Å². The summed E-state index contributed by atoms with van der Waals surface area (Å²) < 4.78 is 0.595. The number of hydrogen-bond donors (Lipinski definition) is 3. The summed E-state index contributed by atoms with van der Waals surface area (Å²) in [5.74, 6) is 0. The Balaban J connectivity index is 2.09. The van der Waals surface area contributed by atoms with Crippen molar-refractivity contribution in [2.24, 2.45) is 0 Å². The molecule has 2 N–H and O–H groups in total. The lowest BCUT2D eigenvalue weighted by molar-refractivity contribution is 0.399. The molecule has 64 valence electrons. The fourth-order valence-corrected chi connectivity index (χ4v) is 1.48. The third-order valence-electron chi connectivity index (χ3n) is 1.91. The van der Waals surface area contributed by atoms with Crippen molar-refractivity contribution in [2.45, 2.75) is 25.3 Å². The van der Waals surface area contributed by atoms with Crippen LogP contribution in [0.2, 0.25) is 0 Å². The molecular weight excluding hydrogens is 176 g/mol. The maximum atomic E-state index is 4.79. The second kappa shape index (κ2) is 4.95. The van der Waals surface area contributed by atoms with Crippen molar-refractivity contribution >= 4 is 29.2 Å². The van der Waals surface area contributed by atoms with Crippen molar-refractivity contribution in [2.75, 3.05) is 13.1 Å². The van der Waals surface area contributed by atoms with E-state index in [1.807, 2.05) is 0 Å². The van der Waals surface area contributed by atoms with Crippen LogP contribution in [-0.4, -0.2) is 23.5 Å². The maximum absolute atomic E-state index is 4.79. The fraction of sp³-hybridized carbons (Fsp3) is 0.857. The highest BCUT2D eigenvalue weighted by Crippen LogP contribution is 2.05. The Bertz CT molecular complexity index is 132. The normalized spacial score (nSPS) is 24.6. The van der Waals surface area contributed by atoms with E-state index in [9.17, 15) is 0 Å². The summed E-state index contributed by atoms with van der Waals surface area (Å²) in [4.78, 5) is 0. The van der Waals surface area contributed by atoms with Gasteiger partial charge in [-0.2, -0.15) is 0 Å². The molecule has 0 aromatic carbocycles. The molecule has 1 atom stereocenters. The van der Waals surface area contributed by atoms with Crippen molar-refractivity contribution in [3.63, 3.8) is 0 Å². The van der Waals surface area contributed by atoms with Crippen LogP contribution in [0.1, 0.15) is 19.3 Å². The van der Waals surface area contributed by atoms with Crippen LogP contribution in [0.3, 0.4) is 0 Å². The summed E-state index contributed by atoms with van der Waals surface area (Å²) in [6, 6.07) is 0.592. The van der Waals surface area contributed by atoms with Crippen molar-refractivity contribution in [1.29, 1.82) is 0 Å². The summed E-state index contributed by atoms with van der Waals surface area (Å²) in [5, 5.41) is 6.47. The van der Waals surface area contributed by atoms with Gasteiger partial charge in [-0.15, -0.1) is 12.6 Å². The van der Waals surface area contributed by atoms with Crippen molar-refractivity contribution in [3.8, 4) is 0 Å². The summed E-state index contributed by atoms with van der Waals surface area (Å²) >= 11 is 8.78. The summed E-state index contributed by atoms with van der Waals surface area (Å²) in [7, 11) is 0. The average Bonchev–Trinajstić information content (AvgIpc) is 2.03. The zero-order valence-corrected chi connectivity index (χ0v) is 8.18. The molecule has 11 heavy (non-hydrogen) atoms. The number of thiol groups is 1. The molecule has 0 radical (unpaired) electrons. The van der Waals surface area contributed by atoms with Gasteiger partial charge >= 0.3 is 0 Å². The number of nitrogens with one attached hydrogen (secondary N) is 2. The van der Waals surface area contributed by atoms with E-state index in [1.165, 1.54) is 19.3 Å². The third kappa shape index (κ3) is 3.94. The standard InChI is InChI=1S/C7H14N2S2/c10-7(11)9-5-6-3-1-2-4-8-6/h6,8H,1-5H2,(H2,9,10,11). The first kappa shape index (κ1) is 9.29. The Morgan fingerprint density at radius 1 is 1.64 bits per heavy atom. The van der Waals surface area contributed by atoms with Gasteiger partial charge in [-0.25, -0.2) is 0 Å². The second-order valence-electron chi connectivity index (χ2n) is 2.83. The molecule has 1 fully saturated rings. The van der Waals surface area contributed by atoms with Crippen LogP contribution >= 0.6 is 24.8 Å². The fourth-order valence-electron chi connectivity index (χ4n) is 1.31. The lowest BCUT2D eigenvalue weighted by Gasteiger charge is -2.23. The summed E-state index contributed by atoms with van der Waals surface area (Å²) in [6.45, 7) is 2.06. The molecule has 0 aromatic heterocycles. The molecule has 0 aliphatic carbocycles. The van der Waals surface area contributed by atoms with E-state index in [-0.39, 0.29) is 0 Å². The van der Waals surface area contributed by atoms with Gasteiger partial charge in [-0.3, -0.25) is 0 Å². The zero-order valence-electron chi connectivity index (χ0n) is 6.47. The molecule has 4 heteroatoms. The van der Waals surface area contributed by atoms with Crippen LogP contribution < -0.4 is 10.6 Å². The Kier molecular flexibility index (Phi) is 4.18. The molecule has 0 amide bonds. The molecule has 1 rings (SSSR count). The molecule has 1 aliphatic rings. The summed E-state index contributed by atoms with van der Waals surface area (Å²) in [5.41, 5.74) is 0. The van der Waals surface area contributed by atoms with Crippen LogP contribution in [0.4, 0.5) is 0 Å². The van der Waals surface area contributed by atoms with Crippen LogP contribution in [0.25, 0.3) is 0 Å². The zero-order chi connectivity index (χ0) is 8.10. The first-order chi connectivity index (χ1) is 5.29. The molecule has 2 nitrogen and oxygen atoms in total.